The van der Waals surface area contributed by atoms with Crippen molar-refractivity contribution >= 4 is 11.6 Å². The summed E-state index contributed by atoms with van der Waals surface area (Å²) in [5.41, 5.74) is 1.55. The van der Waals surface area contributed by atoms with Crippen LogP contribution in [0.1, 0.15) is 36.1 Å². The molecule has 0 spiro atoms. The minimum Gasteiger partial charge on any atom is -0.316 e. The van der Waals surface area contributed by atoms with Crippen molar-refractivity contribution in [3.05, 3.63) is 24.0 Å². The molecular formula is C10H14N6O. The zero-order chi connectivity index (χ0) is 12.4. The molecular weight excluding hydrogens is 220 g/mol. The van der Waals surface area contributed by atoms with E-state index >= 15 is 0 Å². The Bertz CT molecular complexity index is 513. The van der Waals surface area contributed by atoms with Crippen molar-refractivity contribution in [2.24, 2.45) is 7.05 Å². The number of hydrogen-bond acceptors (Lipinski definition) is 4. The van der Waals surface area contributed by atoms with Crippen LogP contribution in [0.5, 0.6) is 0 Å². The van der Waals surface area contributed by atoms with Crippen molar-refractivity contribution in [2.75, 3.05) is 5.32 Å². The third-order valence-corrected chi connectivity index (χ3v) is 2.28. The fourth-order valence-electron chi connectivity index (χ4n) is 1.52. The highest BCUT2D eigenvalue weighted by Gasteiger charge is 2.16. The first-order valence-corrected chi connectivity index (χ1v) is 5.28. The number of aromatic nitrogens is 5. The highest BCUT2D eigenvalue weighted by atomic mass is 16.2. The number of carbonyl (C=O) groups is 1. The largest absolute Gasteiger partial charge is 0.316 e. The van der Waals surface area contributed by atoms with Gasteiger partial charge in [-0.15, -0.1) is 0 Å². The number of aryl methyl sites for hydroxylation is 1. The Balaban J connectivity index is 2.21. The molecule has 7 nitrogen and oxygen atoms in total. The van der Waals surface area contributed by atoms with Crippen LogP contribution in [0.2, 0.25) is 0 Å². The summed E-state index contributed by atoms with van der Waals surface area (Å²) < 4.78 is 1.67. The Morgan fingerprint density at radius 3 is 2.88 bits per heavy atom. The van der Waals surface area contributed by atoms with Crippen molar-refractivity contribution in [2.45, 2.75) is 19.8 Å². The van der Waals surface area contributed by atoms with Crippen LogP contribution in [0.15, 0.2) is 12.5 Å². The van der Waals surface area contributed by atoms with Crippen molar-refractivity contribution in [3.63, 3.8) is 0 Å². The lowest BCUT2D eigenvalue weighted by Crippen LogP contribution is -2.14. The number of amides is 1. The molecule has 2 rings (SSSR count). The SMILES string of the molecule is CC(C)c1nn(C)cc1NC(=O)c1ncn[nH]1. The van der Waals surface area contributed by atoms with Crippen molar-refractivity contribution < 1.29 is 4.79 Å². The van der Waals surface area contributed by atoms with Crippen LogP contribution in [0, 0.1) is 0 Å². The number of anilines is 1. The molecule has 0 aliphatic heterocycles. The third-order valence-electron chi connectivity index (χ3n) is 2.28. The summed E-state index contributed by atoms with van der Waals surface area (Å²) in [6, 6.07) is 0. The number of nitrogens with zero attached hydrogens (tertiary/aromatic N) is 4. The van der Waals surface area contributed by atoms with E-state index in [9.17, 15) is 4.79 Å². The van der Waals surface area contributed by atoms with E-state index in [4.69, 9.17) is 0 Å². The molecule has 0 aliphatic rings. The predicted octanol–water partition coefficient (Wildman–Crippen LogP) is 0.914. The molecule has 2 N–H and O–H groups in total. The number of carbonyl (C=O) groups excluding carboxylic acids is 1. The van der Waals surface area contributed by atoms with E-state index in [1.165, 1.54) is 6.33 Å². The van der Waals surface area contributed by atoms with E-state index in [0.29, 0.717) is 5.69 Å². The fourth-order valence-corrected chi connectivity index (χ4v) is 1.52. The summed E-state index contributed by atoms with van der Waals surface area (Å²) >= 11 is 0. The van der Waals surface area contributed by atoms with Crippen molar-refractivity contribution in [3.8, 4) is 0 Å². The van der Waals surface area contributed by atoms with Crippen LogP contribution < -0.4 is 5.32 Å². The molecule has 0 unspecified atom stereocenters. The van der Waals surface area contributed by atoms with E-state index in [-0.39, 0.29) is 17.6 Å². The molecule has 2 heterocycles. The molecule has 0 radical (unpaired) electrons. The van der Waals surface area contributed by atoms with Gasteiger partial charge < -0.3 is 5.32 Å². The zero-order valence-corrected chi connectivity index (χ0v) is 9.93. The van der Waals surface area contributed by atoms with Gasteiger partial charge in [-0.05, 0) is 5.92 Å². The molecule has 0 aliphatic carbocycles. The lowest BCUT2D eigenvalue weighted by atomic mass is 10.1. The lowest BCUT2D eigenvalue weighted by Gasteiger charge is -2.05. The molecule has 0 fully saturated rings. The molecule has 17 heavy (non-hydrogen) atoms. The van der Waals surface area contributed by atoms with Gasteiger partial charge in [0, 0.05) is 13.2 Å². The van der Waals surface area contributed by atoms with Gasteiger partial charge in [-0.3, -0.25) is 14.6 Å². The monoisotopic (exact) mass is 234 g/mol. The van der Waals surface area contributed by atoms with Gasteiger partial charge in [0.05, 0.1) is 11.4 Å². The Labute approximate surface area is 98.2 Å². The van der Waals surface area contributed by atoms with Gasteiger partial charge in [0.25, 0.3) is 5.91 Å². The van der Waals surface area contributed by atoms with Gasteiger partial charge in [-0.2, -0.15) is 10.2 Å². The van der Waals surface area contributed by atoms with Crippen LogP contribution >= 0.6 is 0 Å². The van der Waals surface area contributed by atoms with E-state index < -0.39 is 0 Å². The molecule has 7 heteroatoms. The Morgan fingerprint density at radius 1 is 1.53 bits per heavy atom. The normalized spacial score (nSPS) is 10.8. The van der Waals surface area contributed by atoms with Gasteiger partial charge in [0.1, 0.15) is 6.33 Å². The molecule has 0 atom stereocenters. The maximum Gasteiger partial charge on any atom is 0.293 e. The van der Waals surface area contributed by atoms with E-state index in [0.717, 1.165) is 5.69 Å². The minimum atomic E-state index is -0.322. The molecule has 0 bridgehead atoms. The molecule has 90 valence electrons. The van der Waals surface area contributed by atoms with Gasteiger partial charge in [0.15, 0.2) is 0 Å². The van der Waals surface area contributed by atoms with Crippen LogP contribution in [0.3, 0.4) is 0 Å². The maximum atomic E-state index is 11.8. The van der Waals surface area contributed by atoms with Gasteiger partial charge in [-0.1, -0.05) is 13.8 Å². The summed E-state index contributed by atoms with van der Waals surface area (Å²) in [6.45, 7) is 4.04. The molecule has 0 saturated carbocycles. The van der Waals surface area contributed by atoms with Crippen LogP contribution in [-0.2, 0) is 7.05 Å². The number of rotatable bonds is 3. The number of nitrogens with one attached hydrogen (secondary N) is 2. The zero-order valence-electron chi connectivity index (χ0n) is 9.93. The van der Waals surface area contributed by atoms with Crippen LogP contribution in [0.4, 0.5) is 5.69 Å². The van der Waals surface area contributed by atoms with Crippen molar-refractivity contribution in [1.82, 2.24) is 25.0 Å². The second kappa shape index (κ2) is 4.36. The van der Waals surface area contributed by atoms with Crippen molar-refractivity contribution in [1.29, 1.82) is 0 Å². The number of hydrogen-bond donors (Lipinski definition) is 2. The fraction of sp³-hybridized carbons (Fsp3) is 0.400. The predicted molar refractivity (Wildman–Crippen MR) is 61.6 cm³/mol. The number of H-pyrrole nitrogens is 1. The first-order chi connectivity index (χ1) is 8.08. The average Bonchev–Trinajstić information content (AvgIpc) is 2.86. The second-order valence-electron chi connectivity index (χ2n) is 4.04. The molecule has 1 amide bonds. The van der Waals surface area contributed by atoms with E-state index in [1.54, 1.807) is 10.9 Å². The molecule has 2 aromatic rings. The quantitative estimate of drug-likeness (QED) is 0.826. The Kier molecular flexibility index (Phi) is 2.90. The molecule has 2 aromatic heterocycles. The topological polar surface area (TPSA) is 88.5 Å². The van der Waals surface area contributed by atoms with Gasteiger partial charge >= 0.3 is 0 Å². The second-order valence-corrected chi connectivity index (χ2v) is 4.04. The molecule has 0 aromatic carbocycles. The summed E-state index contributed by atoms with van der Waals surface area (Å²) in [4.78, 5) is 15.6. The first kappa shape index (κ1) is 11.3. The third kappa shape index (κ3) is 2.32. The Morgan fingerprint density at radius 2 is 2.29 bits per heavy atom. The Hall–Kier alpha value is -2.18. The highest BCUT2D eigenvalue weighted by molar-refractivity contribution is 6.01. The summed E-state index contributed by atoms with van der Waals surface area (Å²) in [5, 5.41) is 13.2. The molecule has 0 saturated heterocycles. The summed E-state index contributed by atoms with van der Waals surface area (Å²) in [6.07, 6.45) is 3.06. The maximum absolute atomic E-state index is 11.8. The smallest absolute Gasteiger partial charge is 0.293 e. The first-order valence-electron chi connectivity index (χ1n) is 5.28. The van der Waals surface area contributed by atoms with E-state index in [2.05, 4.69) is 25.6 Å². The average molecular weight is 234 g/mol. The van der Waals surface area contributed by atoms with Crippen LogP contribution in [0.25, 0.3) is 0 Å². The highest BCUT2D eigenvalue weighted by Crippen LogP contribution is 2.22. The van der Waals surface area contributed by atoms with Gasteiger partial charge in [-0.25, -0.2) is 4.98 Å². The van der Waals surface area contributed by atoms with Gasteiger partial charge in [0.2, 0.25) is 5.82 Å². The van der Waals surface area contributed by atoms with E-state index in [1.807, 2.05) is 20.9 Å². The lowest BCUT2D eigenvalue weighted by molar-refractivity contribution is 0.101. The minimum absolute atomic E-state index is 0.184. The standard InChI is InChI=1S/C10H14N6O/c1-6(2)8-7(4-16(3)15-8)13-10(17)9-11-5-12-14-9/h4-6H,1-3H3,(H,13,17)(H,11,12,14). The van der Waals surface area contributed by atoms with Crippen LogP contribution in [-0.4, -0.2) is 30.9 Å². The number of aromatic amines is 1. The summed E-state index contributed by atoms with van der Waals surface area (Å²) in [5.74, 6) is 0.0992. The summed E-state index contributed by atoms with van der Waals surface area (Å²) in [7, 11) is 1.82.